The molecule has 5 rings (SSSR count). The molecule has 33 heavy (non-hydrogen) atoms. The maximum Gasteiger partial charge on any atom is 0.335 e. The van der Waals surface area contributed by atoms with Gasteiger partial charge in [0.15, 0.2) is 0 Å². The third-order valence-electron chi connectivity index (χ3n) is 7.40. The zero-order valence-corrected chi connectivity index (χ0v) is 19.6. The van der Waals surface area contributed by atoms with Crippen LogP contribution < -0.4 is 0 Å². The molecule has 0 N–H and O–H groups in total. The van der Waals surface area contributed by atoms with Crippen molar-refractivity contribution in [1.29, 1.82) is 0 Å². The Kier molecular flexibility index (Phi) is 6.00. The van der Waals surface area contributed by atoms with E-state index in [1.807, 2.05) is 17.0 Å². The SMILES string of the molecule is O=C1C(=O)N(C2CCCC2)C(=O)N1CN1CCN(S(=O)(=O)c2ccc3c(c2)CCCC3)CC1. The first kappa shape index (κ1) is 22.5. The highest BCUT2D eigenvalue weighted by atomic mass is 32.2. The number of benzene rings is 1. The second-order valence-electron chi connectivity index (χ2n) is 9.43. The van der Waals surface area contributed by atoms with Gasteiger partial charge in [-0.25, -0.2) is 18.1 Å². The van der Waals surface area contributed by atoms with Gasteiger partial charge in [0.1, 0.15) is 0 Å². The predicted molar refractivity (Wildman–Crippen MR) is 120 cm³/mol. The molecule has 2 aliphatic carbocycles. The van der Waals surface area contributed by atoms with Crippen LogP contribution in [0.4, 0.5) is 4.79 Å². The van der Waals surface area contributed by atoms with Crippen LogP contribution in [0.5, 0.6) is 0 Å². The lowest BCUT2D eigenvalue weighted by atomic mass is 9.92. The van der Waals surface area contributed by atoms with Gasteiger partial charge in [-0.3, -0.25) is 19.4 Å². The number of piperazine rings is 1. The normalized spacial score (nSPS) is 23.6. The minimum Gasteiger partial charge on any atom is -0.283 e. The number of rotatable bonds is 5. The topological polar surface area (TPSA) is 98.3 Å². The molecular formula is C23H30N4O5S. The van der Waals surface area contributed by atoms with Crippen molar-refractivity contribution in [2.45, 2.75) is 62.3 Å². The van der Waals surface area contributed by atoms with E-state index >= 15 is 0 Å². The summed E-state index contributed by atoms with van der Waals surface area (Å²) in [5, 5.41) is 0. The van der Waals surface area contributed by atoms with Crippen molar-refractivity contribution in [3.8, 4) is 0 Å². The zero-order valence-electron chi connectivity index (χ0n) is 18.7. The van der Waals surface area contributed by atoms with E-state index in [0.29, 0.717) is 18.0 Å². The van der Waals surface area contributed by atoms with Gasteiger partial charge in [-0.2, -0.15) is 4.31 Å². The number of fused-ring (bicyclic) bond motifs is 1. The number of nitrogens with zero attached hydrogens (tertiary/aromatic N) is 4. The van der Waals surface area contributed by atoms with Gasteiger partial charge in [-0.1, -0.05) is 18.9 Å². The number of hydrogen-bond acceptors (Lipinski definition) is 6. The lowest BCUT2D eigenvalue weighted by molar-refractivity contribution is -0.144. The maximum absolute atomic E-state index is 13.2. The molecule has 2 aliphatic heterocycles. The van der Waals surface area contributed by atoms with Crippen LogP contribution in [0, 0.1) is 0 Å². The highest BCUT2D eigenvalue weighted by molar-refractivity contribution is 7.89. The number of carbonyl (C=O) groups excluding carboxylic acids is 3. The second kappa shape index (κ2) is 8.81. The van der Waals surface area contributed by atoms with Crippen LogP contribution in [0.25, 0.3) is 0 Å². The first-order valence-electron chi connectivity index (χ1n) is 11.9. The summed E-state index contributed by atoms with van der Waals surface area (Å²) in [7, 11) is -3.60. The van der Waals surface area contributed by atoms with Gasteiger partial charge in [0.25, 0.3) is 0 Å². The number of hydrogen-bond donors (Lipinski definition) is 0. The number of urea groups is 1. The molecule has 0 aromatic heterocycles. The van der Waals surface area contributed by atoms with E-state index in [9.17, 15) is 22.8 Å². The molecule has 178 valence electrons. The monoisotopic (exact) mass is 474 g/mol. The third kappa shape index (κ3) is 4.08. The lowest BCUT2D eigenvalue weighted by Gasteiger charge is -2.35. The van der Waals surface area contributed by atoms with E-state index in [0.717, 1.165) is 66.7 Å². The van der Waals surface area contributed by atoms with E-state index in [1.54, 1.807) is 6.07 Å². The van der Waals surface area contributed by atoms with Crippen molar-refractivity contribution in [3.05, 3.63) is 29.3 Å². The van der Waals surface area contributed by atoms with Crippen LogP contribution >= 0.6 is 0 Å². The second-order valence-corrected chi connectivity index (χ2v) is 11.4. The first-order valence-corrected chi connectivity index (χ1v) is 13.3. The van der Waals surface area contributed by atoms with Gasteiger partial charge < -0.3 is 0 Å². The molecule has 0 bridgehead atoms. The number of aryl methyl sites for hydroxylation is 2. The van der Waals surface area contributed by atoms with Gasteiger partial charge in [0.05, 0.1) is 11.6 Å². The van der Waals surface area contributed by atoms with E-state index in [4.69, 9.17) is 0 Å². The molecule has 3 fully saturated rings. The summed E-state index contributed by atoms with van der Waals surface area (Å²) >= 11 is 0. The Morgan fingerprint density at radius 1 is 0.818 bits per heavy atom. The molecule has 4 amide bonds. The molecule has 1 saturated carbocycles. The van der Waals surface area contributed by atoms with E-state index < -0.39 is 27.9 Å². The van der Waals surface area contributed by atoms with Crippen LogP contribution in [-0.2, 0) is 32.5 Å². The van der Waals surface area contributed by atoms with Crippen LogP contribution in [-0.4, -0.2) is 84.2 Å². The standard InChI is InChI=1S/C23H30N4O5S/c28-21-22(29)27(19-7-3-4-8-19)23(30)26(21)16-24-11-13-25(14-12-24)33(31,32)20-10-9-17-5-1-2-6-18(17)15-20/h9-10,15,19H,1-8,11-14,16H2. The summed E-state index contributed by atoms with van der Waals surface area (Å²) in [5.74, 6) is -1.52. The Hall–Kier alpha value is -2.30. The fraction of sp³-hybridized carbons (Fsp3) is 0.609. The summed E-state index contributed by atoms with van der Waals surface area (Å²) in [4.78, 5) is 42.0. The summed E-state index contributed by atoms with van der Waals surface area (Å²) in [6, 6.07) is 4.74. The summed E-state index contributed by atoms with van der Waals surface area (Å²) < 4.78 is 27.9. The van der Waals surface area contributed by atoms with Gasteiger partial charge >= 0.3 is 17.8 Å². The number of carbonyl (C=O) groups is 3. The Morgan fingerprint density at radius 2 is 1.48 bits per heavy atom. The number of sulfonamides is 1. The Bertz CT molecular complexity index is 1070. The molecule has 0 radical (unpaired) electrons. The Balaban J connectivity index is 1.22. The Labute approximate surface area is 194 Å². The predicted octanol–water partition coefficient (Wildman–Crippen LogP) is 1.56. The summed E-state index contributed by atoms with van der Waals surface area (Å²) in [6.45, 7) is 1.34. The molecule has 0 unspecified atom stereocenters. The van der Waals surface area contributed by atoms with Crippen LogP contribution in [0.1, 0.15) is 49.7 Å². The fourth-order valence-electron chi connectivity index (χ4n) is 5.46. The first-order chi connectivity index (χ1) is 15.9. The average Bonchev–Trinajstić information content (AvgIpc) is 3.42. The molecule has 2 heterocycles. The number of imide groups is 2. The minimum absolute atomic E-state index is 0.0133. The van der Waals surface area contributed by atoms with E-state index in [-0.39, 0.29) is 25.8 Å². The average molecular weight is 475 g/mol. The molecule has 1 aromatic rings. The largest absolute Gasteiger partial charge is 0.335 e. The van der Waals surface area contributed by atoms with Gasteiger partial charge in [-0.15, -0.1) is 0 Å². The molecule has 10 heteroatoms. The van der Waals surface area contributed by atoms with Crippen molar-refractivity contribution < 1.29 is 22.8 Å². The smallest absolute Gasteiger partial charge is 0.283 e. The quantitative estimate of drug-likeness (QED) is 0.475. The van der Waals surface area contributed by atoms with Crippen molar-refractivity contribution in [1.82, 2.24) is 19.0 Å². The van der Waals surface area contributed by atoms with Crippen molar-refractivity contribution in [2.24, 2.45) is 0 Å². The molecular weight excluding hydrogens is 444 g/mol. The molecule has 9 nitrogen and oxygen atoms in total. The molecule has 2 saturated heterocycles. The minimum atomic E-state index is -3.60. The van der Waals surface area contributed by atoms with Gasteiger partial charge in [-0.05, 0) is 61.8 Å². The maximum atomic E-state index is 13.2. The fourth-order valence-corrected chi connectivity index (χ4v) is 6.94. The number of amides is 4. The summed E-state index contributed by atoms with van der Waals surface area (Å²) in [6.07, 6.45) is 7.56. The zero-order chi connectivity index (χ0) is 23.2. The van der Waals surface area contributed by atoms with Crippen molar-refractivity contribution >= 4 is 27.9 Å². The van der Waals surface area contributed by atoms with Crippen molar-refractivity contribution in [2.75, 3.05) is 32.8 Å². The molecule has 4 aliphatic rings. The Morgan fingerprint density at radius 3 is 2.18 bits per heavy atom. The summed E-state index contributed by atoms with van der Waals surface area (Å²) in [5.41, 5.74) is 2.37. The van der Waals surface area contributed by atoms with Crippen LogP contribution in [0.3, 0.4) is 0 Å². The van der Waals surface area contributed by atoms with E-state index in [1.165, 1.54) is 9.87 Å². The van der Waals surface area contributed by atoms with E-state index in [2.05, 4.69) is 0 Å². The van der Waals surface area contributed by atoms with Crippen LogP contribution in [0.2, 0.25) is 0 Å². The molecule has 0 spiro atoms. The van der Waals surface area contributed by atoms with Gasteiger partial charge in [0, 0.05) is 32.2 Å². The third-order valence-corrected chi connectivity index (χ3v) is 9.30. The van der Waals surface area contributed by atoms with Crippen LogP contribution in [0.15, 0.2) is 23.1 Å². The highest BCUT2D eigenvalue weighted by Gasteiger charge is 2.48. The molecule has 0 atom stereocenters. The molecule has 1 aromatic carbocycles. The van der Waals surface area contributed by atoms with Gasteiger partial charge in [0.2, 0.25) is 10.0 Å². The lowest BCUT2D eigenvalue weighted by Crippen LogP contribution is -2.52. The van der Waals surface area contributed by atoms with Crippen molar-refractivity contribution in [3.63, 3.8) is 0 Å². The highest BCUT2D eigenvalue weighted by Crippen LogP contribution is 2.29.